The Kier molecular flexibility index (Phi) is 4.80. The fraction of sp³-hybridized carbons (Fsp3) is 0.400. The lowest BCUT2D eigenvalue weighted by Crippen LogP contribution is -2.48. The SMILES string of the molecule is Cc1c(Cl)c(C(F)(F)F)nn1C1CN(c2ccc([N+](=O)[O-])cc2)CCN1. The molecule has 0 aliphatic carbocycles. The van der Waals surface area contributed by atoms with Gasteiger partial charge in [0.25, 0.3) is 5.69 Å². The molecule has 1 aliphatic rings. The minimum atomic E-state index is -4.63. The number of alkyl halides is 3. The quantitative estimate of drug-likeness (QED) is 0.643. The molecule has 11 heteroatoms. The van der Waals surface area contributed by atoms with Crippen molar-refractivity contribution in [3.05, 3.63) is 50.8 Å². The van der Waals surface area contributed by atoms with Gasteiger partial charge in [0.05, 0.1) is 22.2 Å². The van der Waals surface area contributed by atoms with Gasteiger partial charge in [-0.1, -0.05) is 11.6 Å². The second kappa shape index (κ2) is 6.76. The van der Waals surface area contributed by atoms with Crippen molar-refractivity contribution >= 4 is 23.0 Å². The van der Waals surface area contributed by atoms with Gasteiger partial charge in [-0.3, -0.25) is 15.4 Å². The van der Waals surface area contributed by atoms with Crippen molar-refractivity contribution in [2.75, 3.05) is 24.5 Å². The van der Waals surface area contributed by atoms with Crippen LogP contribution in [0.1, 0.15) is 17.6 Å². The first-order valence-corrected chi connectivity index (χ1v) is 8.11. The number of rotatable bonds is 3. The number of nitro benzene ring substituents is 1. The average molecular weight is 390 g/mol. The third kappa shape index (κ3) is 3.47. The van der Waals surface area contributed by atoms with E-state index in [-0.39, 0.29) is 11.4 Å². The lowest BCUT2D eigenvalue weighted by molar-refractivity contribution is -0.384. The molecule has 1 aromatic heterocycles. The number of halogens is 4. The van der Waals surface area contributed by atoms with Gasteiger partial charge in [-0.2, -0.15) is 18.3 Å². The number of piperazine rings is 1. The predicted octanol–water partition coefficient (Wildman–Crippen LogP) is 3.38. The topological polar surface area (TPSA) is 76.2 Å². The Morgan fingerprint density at radius 3 is 2.54 bits per heavy atom. The number of aromatic nitrogens is 2. The molecule has 0 bridgehead atoms. The molecule has 7 nitrogen and oxygen atoms in total. The van der Waals surface area contributed by atoms with Gasteiger partial charge in [0.15, 0.2) is 5.69 Å². The van der Waals surface area contributed by atoms with E-state index in [4.69, 9.17) is 11.6 Å². The van der Waals surface area contributed by atoms with Crippen molar-refractivity contribution in [1.29, 1.82) is 0 Å². The molecule has 2 aromatic rings. The van der Waals surface area contributed by atoms with Crippen LogP contribution in [0.25, 0.3) is 0 Å². The summed E-state index contributed by atoms with van der Waals surface area (Å²) in [4.78, 5) is 12.2. The standard InChI is InChI=1S/C15H15ClF3N5O2/c1-9-13(16)14(15(17,18)19)21-23(9)12-8-22(7-6-20-12)10-2-4-11(5-3-10)24(25)26/h2-5,12,20H,6-8H2,1H3. The van der Waals surface area contributed by atoms with Crippen LogP contribution in [0, 0.1) is 17.0 Å². The van der Waals surface area contributed by atoms with Crippen LogP contribution in [0.5, 0.6) is 0 Å². The van der Waals surface area contributed by atoms with Gasteiger partial charge in [0.2, 0.25) is 0 Å². The van der Waals surface area contributed by atoms with Gasteiger partial charge < -0.3 is 4.90 Å². The van der Waals surface area contributed by atoms with Crippen LogP contribution in [0.4, 0.5) is 24.5 Å². The fourth-order valence-electron chi connectivity index (χ4n) is 2.90. The molecule has 26 heavy (non-hydrogen) atoms. The largest absolute Gasteiger partial charge is 0.436 e. The number of hydrogen-bond donors (Lipinski definition) is 1. The highest BCUT2D eigenvalue weighted by atomic mass is 35.5. The Balaban J connectivity index is 1.84. The average Bonchev–Trinajstić information content (AvgIpc) is 2.91. The number of hydrogen-bond acceptors (Lipinski definition) is 5. The van der Waals surface area contributed by atoms with Gasteiger partial charge in [0, 0.05) is 30.9 Å². The number of benzene rings is 1. The van der Waals surface area contributed by atoms with E-state index in [0.29, 0.717) is 19.6 Å². The summed E-state index contributed by atoms with van der Waals surface area (Å²) in [5.41, 5.74) is -0.160. The van der Waals surface area contributed by atoms with Gasteiger partial charge in [-0.05, 0) is 19.1 Å². The number of nitro groups is 1. The first kappa shape index (κ1) is 18.5. The minimum absolute atomic E-state index is 0.0232. The number of anilines is 1. The normalized spacial score (nSPS) is 18.2. The Labute approximate surface area is 151 Å². The summed E-state index contributed by atoms with van der Waals surface area (Å²) in [5, 5.41) is 17.1. The number of non-ortho nitro benzene ring substituents is 1. The van der Waals surface area contributed by atoms with E-state index in [0.717, 1.165) is 5.69 Å². The molecule has 0 spiro atoms. The number of nitrogens with one attached hydrogen (secondary N) is 1. The molecule has 1 N–H and O–H groups in total. The van der Waals surface area contributed by atoms with Crippen LogP contribution in [-0.2, 0) is 6.18 Å². The first-order chi connectivity index (χ1) is 12.2. The third-order valence-electron chi connectivity index (χ3n) is 4.22. The maximum Gasteiger partial charge on any atom is 0.436 e. The van der Waals surface area contributed by atoms with Crippen molar-refractivity contribution in [3.8, 4) is 0 Å². The molecule has 2 heterocycles. The van der Waals surface area contributed by atoms with Crippen molar-refractivity contribution in [2.45, 2.75) is 19.3 Å². The highest BCUT2D eigenvalue weighted by molar-refractivity contribution is 6.31. The molecule has 3 rings (SSSR count). The van der Waals surface area contributed by atoms with E-state index in [2.05, 4.69) is 10.4 Å². The van der Waals surface area contributed by atoms with Crippen molar-refractivity contribution < 1.29 is 18.1 Å². The Hall–Kier alpha value is -2.33. The Morgan fingerprint density at radius 1 is 1.35 bits per heavy atom. The van der Waals surface area contributed by atoms with Crippen LogP contribution >= 0.6 is 11.6 Å². The molecule has 0 radical (unpaired) electrons. The van der Waals surface area contributed by atoms with Crippen LogP contribution in [0.2, 0.25) is 5.02 Å². The Morgan fingerprint density at radius 2 is 2.00 bits per heavy atom. The highest BCUT2D eigenvalue weighted by Gasteiger charge is 2.39. The maximum absolute atomic E-state index is 13.0. The summed E-state index contributed by atoms with van der Waals surface area (Å²) < 4.78 is 40.3. The fourth-order valence-corrected chi connectivity index (χ4v) is 3.13. The van der Waals surface area contributed by atoms with E-state index in [1.807, 2.05) is 4.90 Å². The minimum Gasteiger partial charge on any atom is -0.367 e. The van der Waals surface area contributed by atoms with E-state index < -0.39 is 28.0 Å². The Bertz CT molecular complexity index is 822. The van der Waals surface area contributed by atoms with Gasteiger partial charge in [-0.25, -0.2) is 4.68 Å². The van der Waals surface area contributed by atoms with Crippen molar-refractivity contribution in [2.24, 2.45) is 0 Å². The van der Waals surface area contributed by atoms with E-state index in [1.165, 1.54) is 23.7 Å². The summed E-state index contributed by atoms with van der Waals surface area (Å²) in [6.45, 7) is 2.94. The van der Waals surface area contributed by atoms with E-state index in [1.54, 1.807) is 12.1 Å². The van der Waals surface area contributed by atoms with E-state index in [9.17, 15) is 23.3 Å². The van der Waals surface area contributed by atoms with Crippen molar-refractivity contribution in [3.63, 3.8) is 0 Å². The predicted molar refractivity (Wildman–Crippen MR) is 89.3 cm³/mol. The molecule has 1 aliphatic heterocycles. The van der Waals surface area contributed by atoms with Gasteiger partial charge >= 0.3 is 6.18 Å². The second-order valence-electron chi connectivity index (χ2n) is 5.88. The lowest BCUT2D eigenvalue weighted by atomic mass is 10.2. The molecule has 1 saturated heterocycles. The summed E-state index contributed by atoms with van der Waals surface area (Å²) in [5.74, 6) is 0. The first-order valence-electron chi connectivity index (χ1n) is 7.73. The summed E-state index contributed by atoms with van der Waals surface area (Å²) >= 11 is 5.81. The number of nitrogens with zero attached hydrogens (tertiary/aromatic N) is 4. The summed E-state index contributed by atoms with van der Waals surface area (Å²) in [7, 11) is 0. The van der Waals surface area contributed by atoms with Crippen LogP contribution in [0.15, 0.2) is 24.3 Å². The van der Waals surface area contributed by atoms with Crippen LogP contribution in [0.3, 0.4) is 0 Å². The molecular formula is C15H15ClF3N5O2. The monoisotopic (exact) mass is 389 g/mol. The molecule has 1 aromatic carbocycles. The van der Waals surface area contributed by atoms with Crippen LogP contribution in [-0.4, -0.2) is 34.3 Å². The van der Waals surface area contributed by atoms with Gasteiger partial charge in [0.1, 0.15) is 6.17 Å². The summed E-state index contributed by atoms with van der Waals surface area (Å²) in [6, 6.07) is 6.02. The van der Waals surface area contributed by atoms with Crippen molar-refractivity contribution in [1.82, 2.24) is 15.1 Å². The zero-order chi connectivity index (χ0) is 19.1. The van der Waals surface area contributed by atoms with E-state index >= 15 is 0 Å². The molecule has 1 atom stereocenters. The molecular weight excluding hydrogens is 375 g/mol. The zero-order valence-corrected chi connectivity index (χ0v) is 14.4. The third-order valence-corrected chi connectivity index (χ3v) is 4.67. The second-order valence-corrected chi connectivity index (χ2v) is 6.26. The maximum atomic E-state index is 13.0. The summed E-state index contributed by atoms with van der Waals surface area (Å²) in [6.07, 6.45) is -5.13. The smallest absolute Gasteiger partial charge is 0.367 e. The molecule has 1 unspecified atom stereocenters. The lowest BCUT2D eigenvalue weighted by Gasteiger charge is -2.35. The molecule has 140 valence electrons. The van der Waals surface area contributed by atoms with Gasteiger partial charge in [-0.15, -0.1) is 0 Å². The zero-order valence-electron chi connectivity index (χ0n) is 13.6. The van der Waals surface area contributed by atoms with Crippen LogP contribution < -0.4 is 10.2 Å². The molecule has 0 saturated carbocycles. The molecule has 0 amide bonds. The highest BCUT2D eigenvalue weighted by Crippen LogP contribution is 2.36. The molecule has 1 fully saturated rings.